The van der Waals surface area contributed by atoms with Crippen LogP contribution in [0.3, 0.4) is 0 Å². The summed E-state index contributed by atoms with van der Waals surface area (Å²) in [6, 6.07) is 9.79. The van der Waals surface area contributed by atoms with Gasteiger partial charge in [-0.3, -0.25) is 5.43 Å². The Morgan fingerprint density at radius 1 is 1.04 bits per heavy atom. The zero-order valence-electron chi connectivity index (χ0n) is 13.6. The number of hydrogen-bond donors (Lipinski definition) is 2. The van der Waals surface area contributed by atoms with Gasteiger partial charge in [0.2, 0.25) is 0 Å². The third kappa shape index (κ3) is 3.95. The number of carboxylic acid groups (broad SMARTS) is 1. The van der Waals surface area contributed by atoms with E-state index in [-0.39, 0.29) is 5.56 Å². The molecule has 0 atom stereocenters. The van der Waals surface area contributed by atoms with E-state index in [1.54, 1.807) is 51.8 Å². The number of rotatable bonds is 7. The van der Waals surface area contributed by atoms with Gasteiger partial charge in [-0.1, -0.05) is 6.07 Å². The lowest BCUT2D eigenvalue weighted by atomic mass is 10.2. The van der Waals surface area contributed by atoms with Crippen molar-refractivity contribution in [3.63, 3.8) is 0 Å². The zero-order chi connectivity index (χ0) is 17.5. The number of hydrazone groups is 1. The molecule has 7 heteroatoms. The van der Waals surface area contributed by atoms with Gasteiger partial charge >= 0.3 is 5.97 Å². The van der Waals surface area contributed by atoms with E-state index in [2.05, 4.69) is 10.5 Å². The molecule has 0 aromatic heterocycles. The number of methoxy groups -OCH3 is 3. The van der Waals surface area contributed by atoms with Crippen LogP contribution in [0.5, 0.6) is 17.2 Å². The number of benzene rings is 2. The van der Waals surface area contributed by atoms with Crippen molar-refractivity contribution in [3.05, 3.63) is 47.5 Å². The van der Waals surface area contributed by atoms with Crippen molar-refractivity contribution in [2.45, 2.75) is 0 Å². The lowest BCUT2D eigenvalue weighted by Crippen LogP contribution is -1.99. The summed E-state index contributed by atoms with van der Waals surface area (Å²) in [6.45, 7) is 0. The van der Waals surface area contributed by atoms with Gasteiger partial charge in [0.05, 0.1) is 38.8 Å². The Bertz CT molecular complexity index is 759. The van der Waals surface area contributed by atoms with E-state index < -0.39 is 5.97 Å². The number of ether oxygens (including phenoxy) is 3. The monoisotopic (exact) mass is 330 g/mol. The van der Waals surface area contributed by atoms with Crippen LogP contribution in [-0.4, -0.2) is 38.6 Å². The highest BCUT2D eigenvalue weighted by Gasteiger charge is 2.10. The van der Waals surface area contributed by atoms with E-state index in [1.165, 1.54) is 12.1 Å². The second kappa shape index (κ2) is 7.87. The molecule has 2 N–H and O–H groups in total. The maximum atomic E-state index is 11.0. The minimum Gasteiger partial charge on any atom is -0.496 e. The van der Waals surface area contributed by atoms with E-state index >= 15 is 0 Å². The van der Waals surface area contributed by atoms with Gasteiger partial charge in [0.15, 0.2) is 11.5 Å². The number of carbonyl (C=O) groups is 1. The topological polar surface area (TPSA) is 89.4 Å². The molecule has 2 rings (SSSR count). The van der Waals surface area contributed by atoms with Crippen LogP contribution < -0.4 is 19.6 Å². The molecule has 0 aliphatic rings. The minimum atomic E-state index is -0.996. The van der Waals surface area contributed by atoms with Crippen LogP contribution in [0, 0.1) is 0 Å². The lowest BCUT2D eigenvalue weighted by molar-refractivity contribution is 0.0697. The van der Waals surface area contributed by atoms with Gasteiger partial charge in [-0.15, -0.1) is 0 Å². The molecule has 0 amide bonds. The van der Waals surface area contributed by atoms with Gasteiger partial charge in [-0.25, -0.2) is 4.79 Å². The Hall–Kier alpha value is -3.22. The van der Waals surface area contributed by atoms with Crippen molar-refractivity contribution >= 4 is 17.9 Å². The highest BCUT2D eigenvalue weighted by atomic mass is 16.5. The normalized spacial score (nSPS) is 10.5. The number of nitrogens with one attached hydrogen (secondary N) is 1. The average molecular weight is 330 g/mol. The number of anilines is 1. The van der Waals surface area contributed by atoms with Crippen molar-refractivity contribution in [3.8, 4) is 17.2 Å². The lowest BCUT2D eigenvalue weighted by Gasteiger charge is -2.11. The van der Waals surface area contributed by atoms with Crippen LogP contribution >= 0.6 is 0 Å². The standard InChI is InChI=1S/C17H18N2O5/c1-22-14-9-16(24-3)15(23-2)8-12(14)10-18-19-13-6-4-5-11(7-13)17(20)21/h4-10,19H,1-3H3,(H,20,21)/b18-10-. The minimum absolute atomic E-state index is 0.180. The molecule has 0 spiro atoms. The van der Waals surface area contributed by atoms with Crippen LogP contribution in [0.15, 0.2) is 41.5 Å². The molecule has 0 fully saturated rings. The molecule has 2 aromatic carbocycles. The van der Waals surface area contributed by atoms with Crippen LogP contribution in [0.2, 0.25) is 0 Å². The first-order valence-corrected chi connectivity index (χ1v) is 7.01. The molecule has 0 unspecified atom stereocenters. The Balaban J connectivity index is 2.22. The van der Waals surface area contributed by atoms with E-state index in [9.17, 15) is 4.79 Å². The predicted molar refractivity (Wildman–Crippen MR) is 90.7 cm³/mol. The summed E-state index contributed by atoms with van der Waals surface area (Å²) in [7, 11) is 4.63. The fourth-order valence-corrected chi connectivity index (χ4v) is 2.05. The molecule has 0 saturated carbocycles. The SMILES string of the molecule is COc1cc(OC)c(OC)cc1/C=N\Nc1cccc(C(=O)O)c1. The van der Waals surface area contributed by atoms with Gasteiger partial charge in [-0.2, -0.15) is 5.10 Å². The van der Waals surface area contributed by atoms with Crippen molar-refractivity contribution in [2.24, 2.45) is 5.10 Å². The molecule has 0 heterocycles. The molecule has 0 saturated heterocycles. The van der Waals surface area contributed by atoms with Gasteiger partial charge < -0.3 is 19.3 Å². The Labute approximate surface area is 139 Å². The van der Waals surface area contributed by atoms with Crippen molar-refractivity contribution in [1.29, 1.82) is 0 Å². The van der Waals surface area contributed by atoms with Crippen LogP contribution in [0.1, 0.15) is 15.9 Å². The number of carboxylic acids is 1. The molecule has 0 aliphatic carbocycles. The van der Waals surface area contributed by atoms with E-state index in [1.807, 2.05) is 0 Å². The Morgan fingerprint density at radius 3 is 2.33 bits per heavy atom. The molecule has 7 nitrogen and oxygen atoms in total. The summed E-state index contributed by atoms with van der Waals surface area (Å²) in [5, 5.41) is 13.1. The summed E-state index contributed by atoms with van der Waals surface area (Å²) >= 11 is 0. The summed E-state index contributed by atoms with van der Waals surface area (Å²) in [5.41, 5.74) is 4.20. The first kappa shape index (κ1) is 17.1. The summed E-state index contributed by atoms with van der Waals surface area (Å²) in [6.07, 6.45) is 1.55. The molecule has 0 bridgehead atoms. The van der Waals surface area contributed by atoms with Gasteiger partial charge in [-0.05, 0) is 24.3 Å². The Kier molecular flexibility index (Phi) is 5.62. The molecule has 2 aromatic rings. The molecule has 0 aliphatic heterocycles. The maximum Gasteiger partial charge on any atom is 0.335 e. The number of hydrogen-bond acceptors (Lipinski definition) is 6. The Morgan fingerprint density at radius 2 is 1.71 bits per heavy atom. The molecule has 24 heavy (non-hydrogen) atoms. The second-order valence-electron chi connectivity index (χ2n) is 4.71. The highest BCUT2D eigenvalue weighted by molar-refractivity contribution is 5.89. The van der Waals surface area contributed by atoms with Crippen LogP contribution in [0.25, 0.3) is 0 Å². The average Bonchev–Trinajstić information content (AvgIpc) is 2.61. The quantitative estimate of drug-likeness (QED) is 0.599. The highest BCUT2D eigenvalue weighted by Crippen LogP contribution is 2.33. The fraction of sp³-hybridized carbons (Fsp3) is 0.176. The second-order valence-corrected chi connectivity index (χ2v) is 4.71. The van der Waals surface area contributed by atoms with Crippen molar-refractivity contribution in [2.75, 3.05) is 26.8 Å². The first-order valence-electron chi connectivity index (χ1n) is 7.01. The maximum absolute atomic E-state index is 11.0. The van der Waals surface area contributed by atoms with Crippen molar-refractivity contribution in [1.82, 2.24) is 0 Å². The smallest absolute Gasteiger partial charge is 0.335 e. The molecule has 0 radical (unpaired) electrons. The van der Waals surface area contributed by atoms with Gasteiger partial charge in [0.25, 0.3) is 0 Å². The van der Waals surface area contributed by atoms with E-state index in [0.29, 0.717) is 28.5 Å². The third-order valence-electron chi connectivity index (χ3n) is 3.24. The van der Waals surface area contributed by atoms with Crippen LogP contribution in [0.4, 0.5) is 5.69 Å². The van der Waals surface area contributed by atoms with Gasteiger partial charge in [0, 0.05) is 11.6 Å². The van der Waals surface area contributed by atoms with E-state index in [4.69, 9.17) is 19.3 Å². The number of aromatic carboxylic acids is 1. The van der Waals surface area contributed by atoms with E-state index in [0.717, 1.165) is 0 Å². The molecular weight excluding hydrogens is 312 g/mol. The fourth-order valence-electron chi connectivity index (χ4n) is 2.05. The van der Waals surface area contributed by atoms with Crippen LogP contribution in [-0.2, 0) is 0 Å². The molecular formula is C17H18N2O5. The largest absolute Gasteiger partial charge is 0.496 e. The molecule has 126 valence electrons. The summed E-state index contributed by atoms with van der Waals surface area (Å²) < 4.78 is 15.8. The summed E-state index contributed by atoms with van der Waals surface area (Å²) in [4.78, 5) is 11.0. The predicted octanol–water partition coefficient (Wildman–Crippen LogP) is 2.86. The summed E-state index contributed by atoms with van der Waals surface area (Å²) in [5.74, 6) is 0.669. The first-order chi connectivity index (χ1) is 11.6. The number of nitrogens with zero attached hydrogens (tertiary/aromatic N) is 1. The zero-order valence-corrected chi connectivity index (χ0v) is 13.6. The van der Waals surface area contributed by atoms with Gasteiger partial charge in [0.1, 0.15) is 5.75 Å². The van der Waals surface area contributed by atoms with Crippen molar-refractivity contribution < 1.29 is 24.1 Å². The third-order valence-corrected chi connectivity index (χ3v) is 3.24.